The Hall–Kier alpha value is -1.00. The minimum absolute atomic E-state index is 0.159. The van der Waals surface area contributed by atoms with Crippen LogP contribution in [-0.4, -0.2) is 22.8 Å². The van der Waals surface area contributed by atoms with Gasteiger partial charge in [-0.05, 0) is 49.7 Å². The Labute approximate surface area is 131 Å². The van der Waals surface area contributed by atoms with Gasteiger partial charge in [-0.2, -0.15) is 0 Å². The second-order valence-corrected chi connectivity index (χ2v) is 7.07. The molecule has 3 fully saturated rings. The Morgan fingerprint density at radius 1 is 1.24 bits per heavy atom. The number of carbonyl (C=O) groups excluding carboxylic acids is 1. The van der Waals surface area contributed by atoms with E-state index in [0.717, 1.165) is 30.6 Å². The normalized spacial score (nSPS) is 40.0. The summed E-state index contributed by atoms with van der Waals surface area (Å²) in [4.78, 5) is 12.6. The fourth-order valence-corrected chi connectivity index (χ4v) is 4.33. The van der Waals surface area contributed by atoms with Gasteiger partial charge >= 0.3 is 5.97 Å². The van der Waals surface area contributed by atoms with E-state index >= 15 is 0 Å². The summed E-state index contributed by atoms with van der Waals surface area (Å²) in [6, 6.07) is 9.79. The van der Waals surface area contributed by atoms with E-state index in [1.807, 2.05) is 30.3 Å². The van der Waals surface area contributed by atoms with Gasteiger partial charge in [0.2, 0.25) is 0 Å². The molecule has 5 atom stereocenters. The van der Waals surface area contributed by atoms with Gasteiger partial charge in [0.1, 0.15) is 11.7 Å². The van der Waals surface area contributed by atoms with Crippen LogP contribution in [0.15, 0.2) is 35.2 Å². The molecule has 1 saturated heterocycles. The number of hydrogen-bond donors (Lipinski definition) is 2. The van der Waals surface area contributed by atoms with Crippen LogP contribution in [0.25, 0.3) is 0 Å². The van der Waals surface area contributed by atoms with Gasteiger partial charge in [0.05, 0.1) is 5.92 Å². The van der Waals surface area contributed by atoms with Crippen LogP contribution in [0.3, 0.4) is 0 Å². The van der Waals surface area contributed by atoms with Crippen LogP contribution in [0.5, 0.6) is 0 Å². The van der Waals surface area contributed by atoms with Gasteiger partial charge in [-0.1, -0.05) is 25.1 Å². The molecule has 1 heterocycles. The SMILES string of the molecule is CC1CC2CC[C@H]3OC(=O)C(C1)[C@@]23O.Sc1ccccc1. The van der Waals surface area contributed by atoms with E-state index < -0.39 is 5.60 Å². The highest BCUT2D eigenvalue weighted by molar-refractivity contribution is 7.80. The molecular weight excluding hydrogens is 284 g/mol. The number of rotatable bonds is 0. The maximum atomic E-state index is 11.6. The lowest BCUT2D eigenvalue weighted by atomic mass is 9.67. The third kappa shape index (κ3) is 2.59. The number of esters is 1. The van der Waals surface area contributed by atoms with E-state index in [2.05, 4.69) is 19.6 Å². The summed E-state index contributed by atoms with van der Waals surface area (Å²) in [6.45, 7) is 2.17. The minimum atomic E-state index is -0.802. The third-order valence-electron chi connectivity index (χ3n) is 5.13. The molecule has 4 rings (SSSR count). The monoisotopic (exact) mass is 306 g/mol. The molecule has 2 aliphatic carbocycles. The lowest BCUT2D eigenvalue weighted by Crippen LogP contribution is -2.49. The van der Waals surface area contributed by atoms with Crippen molar-refractivity contribution in [2.75, 3.05) is 0 Å². The van der Waals surface area contributed by atoms with Gasteiger partial charge in [-0.25, -0.2) is 0 Å². The summed E-state index contributed by atoms with van der Waals surface area (Å²) in [5.41, 5.74) is -0.802. The Morgan fingerprint density at radius 3 is 2.57 bits per heavy atom. The standard InChI is InChI=1S/C11H16O3.C6H6S/c1-6-4-7-2-3-9-11(7,13)8(5-6)10(12)14-9;7-6-4-2-1-3-5-6/h6-9,13H,2-5H2,1H3;1-5,7H/t6?,7?,8?,9-,11+;/m1./s1. The van der Waals surface area contributed by atoms with Gasteiger partial charge < -0.3 is 9.84 Å². The first-order valence-corrected chi connectivity index (χ1v) is 8.13. The van der Waals surface area contributed by atoms with Crippen LogP contribution >= 0.6 is 12.6 Å². The summed E-state index contributed by atoms with van der Waals surface area (Å²) in [7, 11) is 0. The molecule has 21 heavy (non-hydrogen) atoms. The lowest BCUT2D eigenvalue weighted by molar-refractivity contribution is -0.145. The average Bonchev–Trinajstić information content (AvgIpc) is 2.89. The van der Waals surface area contributed by atoms with E-state index in [4.69, 9.17) is 4.74 Å². The first kappa shape index (κ1) is 14.9. The highest BCUT2D eigenvalue weighted by atomic mass is 32.1. The molecule has 1 aromatic carbocycles. The summed E-state index contributed by atoms with van der Waals surface area (Å²) >= 11 is 4.08. The molecule has 1 aliphatic heterocycles. The van der Waals surface area contributed by atoms with Gasteiger partial charge in [-0.3, -0.25) is 4.79 Å². The second kappa shape index (κ2) is 5.65. The van der Waals surface area contributed by atoms with Gasteiger partial charge in [-0.15, -0.1) is 12.6 Å². The Morgan fingerprint density at radius 2 is 1.95 bits per heavy atom. The summed E-state index contributed by atoms with van der Waals surface area (Å²) in [5, 5.41) is 10.6. The number of benzene rings is 1. The Balaban J connectivity index is 0.000000160. The summed E-state index contributed by atoms with van der Waals surface area (Å²) < 4.78 is 5.26. The van der Waals surface area contributed by atoms with Crippen molar-refractivity contribution >= 4 is 18.6 Å². The van der Waals surface area contributed by atoms with Crippen LogP contribution in [0.1, 0.15) is 32.6 Å². The maximum Gasteiger partial charge on any atom is 0.312 e. The highest BCUT2D eigenvalue weighted by Gasteiger charge is 2.65. The molecule has 2 saturated carbocycles. The molecule has 0 radical (unpaired) electrons. The largest absolute Gasteiger partial charge is 0.459 e. The molecule has 3 unspecified atom stereocenters. The molecule has 3 aliphatic rings. The van der Waals surface area contributed by atoms with E-state index in [0.29, 0.717) is 11.8 Å². The predicted molar refractivity (Wildman–Crippen MR) is 83.1 cm³/mol. The topological polar surface area (TPSA) is 46.5 Å². The average molecular weight is 306 g/mol. The van der Waals surface area contributed by atoms with Crippen molar-refractivity contribution in [2.45, 2.75) is 49.2 Å². The van der Waals surface area contributed by atoms with Crippen molar-refractivity contribution in [3.8, 4) is 0 Å². The van der Waals surface area contributed by atoms with Crippen molar-refractivity contribution in [2.24, 2.45) is 17.8 Å². The van der Waals surface area contributed by atoms with E-state index in [1.165, 1.54) is 0 Å². The fourth-order valence-electron chi connectivity index (χ4n) is 4.16. The quantitative estimate of drug-likeness (QED) is 0.572. The van der Waals surface area contributed by atoms with Crippen molar-refractivity contribution in [1.82, 2.24) is 0 Å². The molecule has 114 valence electrons. The molecule has 0 spiro atoms. The predicted octanol–water partition coefficient (Wildman–Crippen LogP) is 3.07. The molecule has 0 bridgehead atoms. The molecule has 0 amide bonds. The summed E-state index contributed by atoms with van der Waals surface area (Å²) in [5.74, 6) is 0.458. The van der Waals surface area contributed by atoms with E-state index in [1.54, 1.807) is 0 Å². The number of hydrogen-bond acceptors (Lipinski definition) is 4. The van der Waals surface area contributed by atoms with Crippen LogP contribution in [0.2, 0.25) is 0 Å². The molecule has 1 N–H and O–H groups in total. The van der Waals surface area contributed by atoms with Crippen LogP contribution in [-0.2, 0) is 9.53 Å². The molecule has 0 aromatic heterocycles. The minimum Gasteiger partial charge on any atom is -0.459 e. The van der Waals surface area contributed by atoms with E-state index in [9.17, 15) is 9.90 Å². The van der Waals surface area contributed by atoms with Crippen molar-refractivity contribution in [1.29, 1.82) is 0 Å². The Bertz CT molecular complexity index is 518. The molecule has 3 nitrogen and oxygen atoms in total. The van der Waals surface area contributed by atoms with Gasteiger partial charge in [0.15, 0.2) is 0 Å². The number of aliphatic hydroxyl groups is 1. The third-order valence-corrected chi connectivity index (χ3v) is 5.43. The number of carbonyl (C=O) groups is 1. The zero-order valence-electron chi connectivity index (χ0n) is 12.2. The molecular formula is C17H22O3S. The second-order valence-electron chi connectivity index (χ2n) is 6.55. The van der Waals surface area contributed by atoms with Crippen molar-refractivity contribution < 1.29 is 14.6 Å². The smallest absolute Gasteiger partial charge is 0.312 e. The van der Waals surface area contributed by atoms with Crippen LogP contribution in [0, 0.1) is 17.8 Å². The highest BCUT2D eigenvalue weighted by Crippen LogP contribution is 2.55. The molecule has 4 heteroatoms. The number of thiol groups is 1. The van der Waals surface area contributed by atoms with Crippen molar-refractivity contribution in [3.63, 3.8) is 0 Å². The zero-order chi connectivity index (χ0) is 15.0. The van der Waals surface area contributed by atoms with E-state index in [-0.39, 0.29) is 18.0 Å². The first-order valence-electron chi connectivity index (χ1n) is 7.68. The zero-order valence-corrected chi connectivity index (χ0v) is 13.1. The lowest BCUT2D eigenvalue weighted by Gasteiger charge is -2.39. The number of ether oxygens (including phenoxy) is 1. The molecule has 1 aromatic rings. The maximum absolute atomic E-state index is 11.6. The first-order chi connectivity index (χ1) is 10.0. The summed E-state index contributed by atoms with van der Waals surface area (Å²) in [6.07, 6.45) is 3.55. The Kier molecular flexibility index (Phi) is 4.02. The van der Waals surface area contributed by atoms with Gasteiger partial charge in [0.25, 0.3) is 0 Å². The van der Waals surface area contributed by atoms with Crippen LogP contribution < -0.4 is 0 Å². The van der Waals surface area contributed by atoms with Gasteiger partial charge in [0, 0.05) is 4.90 Å². The van der Waals surface area contributed by atoms with Crippen LogP contribution in [0.4, 0.5) is 0 Å². The fraction of sp³-hybridized carbons (Fsp3) is 0.588. The van der Waals surface area contributed by atoms with Crippen molar-refractivity contribution in [3.05, 3.63) is 30.3 Å².